The van der Waals surface area contributed by atoms with Gasteiger partial charge in [0, 0.05) is 5.92 Å². The Morgan fingerprint density at radius 3 is 2.87 bits per heavy atom. The minimum Gasteiger partial charge on any atom is -0.265 e. The van der Waals surface area contributed by atoms with Crippen molar-refractivity contribution in [3.8, 4) is 0 Å². The van der Waals surface area contributed by atoms with Crippen LogP contribution in [0.25, 0.3) is 6.08 Å². The van der Waals surface area contributed by atoms with Crippen molar-refractivity contribution in [2.75, 3.05) is 0 Å². The SMILES string of the molecule is O=C1N=NC=C1C1C=Cc2ccccc21. The van der Waals surface area contributed by atoms with Gasteiger partial charge in [-0.1, -0.05) is 36.4 Å². The molecule has 2 aliphatic rings. The smallest absolute Gasteiger partial charge is 0.265 e. The van der Waals surface area contributed by atoms with Gasteiger partial charge in [0.2, 0.25) is 0 Å². The van der Waals surface area contributed by atoms with E-state index in [-0.39, 0.29) is 11.8 Å². The Morgan fingerprint density at radius 1 is 1.20 bits per heavy atom. The molecule has 0 radical (unpaired) electrons. The highest BCUT2D eigenvalue weighted by Crippen LogP contribution is 2.36. The van der Waals surface area contributed by atoms with Crippen LogP contribution in [0.2, 0.25) is 0 Å². The summed E-state index contributed by atoms with van der Waals surface area (Å²) < 4.78 is 0. The predicted octanol–water partition coefficient (Wildman–Crippen LogP) is 2.67. The number of azo groups is 1. The van der Waals surface area contributed by atoms with E-state index in [2.05, 4.69) is 10.2 Å². The van der Waals surface area contributed by atoms with E-state index in [1.54, 1.807) is 6.20 Å². The van der Waals surface area contributed by atoms with E-state index in [0.29, 0.717) is 5.57 Å². The van der Waals surface area contributed by atoms with Gasteiger partial charge in [-0.05, 0) is 11.1 Å². The molecule has 72 valence electrons. The molecule has 0 fully saturated rings. The molecule has 0 aromatic heterocycles. The quantitative estimate of drug-likeness (QED) is 0.680. The molecule has 1 aliphatic carbocycles. The van der Waals surface area contributed by atoms with Crippen molar-refractivity contribution in [3.63, 3.8) is 0 Å². The van der Waals surface area contributed by atoms with E-state index in [9.17, 15) is 4.79 Å². The molecular weight excluding hydrogens is 188 g/mol. The number of hydrogen-bond acceptors (Lipinski definition) is 2. The number of amides is 1. The van der Waals surface area contributed by atoms with Crippen LogP contribution in [-0.2, 0) is 4.79 Å². The van der Waals surface area contributed by atoms with E-state index in [4.69, 9.17) is 0 Å². The van der Waals surface area contributed by atoms with Crippen molar-refractivity contribution < 1.29 is 4.79 Å². The first kappa shape index (κ1) is 8.29. The molecule has 1 aromatic rings. The van der Waals surface area contributed by atoms with E-state index in [0.717, 1.165) is 5.56 Å². The normalized spacial score (nSPS) is 22.0. The minimum absolute atomic E-state index is 0.0312. The molecule has 1 unspecified atom stereocenters. The number of allylic oxidation sites excluding steroid dienone is 1. The standard InChI is InChI=1S/C12H8N2O/c15-12-11(7-13-14-12)10-6-5-8-3-1-2-4-9(8)10/h1-7,10H. The maximum Gasteiger partial charge on any atom is 0.293 e. The molecule has 1 heterocycles. The van der Waals surface area contributed by atoms with Gasteiger partial charge >= 0.3 is 0 Å². The monoisotopic (exact) mass is 196 g/mol. The number of carbonyl (C=O) groups excluding carboxylic acids is 1. The van der Waals surface area contributed by atoms with Gasteiger partial charge in [0.25, 0.3) is 5.91 Å². The third kappa shape index (κ3) is 1.16. The Labute approximate surface area is 86.8 Å². The van der Waals surface area contributed by atoms with Crippen LogP contribution in [-0.4, -0.2) is 5.91 Å². The van der Waals surface area contributed by atoms with Gasteiger partial charge in [-0.3, -0.25) is 4.79 Å². The molecule has 1 aromatic carbocycles. The van der Waals surface area contributed by atoms with Crippen molar-refractivity contribution in [1.29, 1.82) is 0 Å². The van der Waals surface area contributed by atoms with Gasteiger partial charge in [0.15, 0.2) is 0 Å². The summed E-state index contributed by atoms with van der Waals surface area (Å²) in [6, 6.07) is 8.05. The maximum absolute atomic E-state index is 11.4. The van der Waals surface area contributed by atoms with Crippen LogP contribution in [0.5, 0.6) is 0 Å². The number of fused-ring (bicyclic) bond motifs is 1. The van der Waals surface area contributed by atoms with E-state index < -0.39 is 0 Å². The summed E-state index contributed by atoms with van der Waals surface area (Å²) in [5, 5.41) is 7.14. The summed E-state index contributed by atoms with van der Waals surface area (Å²) in [5.41, 5.74) is 2.99. The second kappa shape index (κ2) is 2.98. The Balaban J connectivity index is 2.05. The van der Waals surface area contributed by atoms with Crippen LogP contribution in [0.15, 0.2) is 52.3 Å². The lowest BCUT2D eigenvalue weighted by atomic mass is 9.93. The first-order valence-corrected chi connectivity index (χ1v) is 4.78. The molecule has 0 bridgehead atoms. The van der Waals surface area contributed by atoms with Crippen LogP contribution < -0.4 is 0 Å². The Morgan fingerprint density at radius 2 is 2.07 bits per heavy atom. The van der Waals surface area contributed by atoms with Crippen molar-refractivity contribution in [2.24, 2.45) is 10.2 Å². The predicted molar refractivity (Wildman–Crippen MR) is 56.2 cm³/mol. The number of rotatable bonds is 1. The number of hydrogen-bond donors (Lipinski definition) is 0. The molecule has 1 atom stereocenters. The molecule has 0 N–H and O–H groups in total. The fraction of sp³-hybridized carbons (Fsp3) is 0.0833. The van der Waals surface area contributed by atoms with Gasteiger partial charge in [0.05, 0.1) is 11.8 Å². The van der Waals surface area contributed by atoms with Gasteiger partial charge in [-0.2, -0.15) is 5.11 Å². The molecule has 0 saturated heterocycles. The average molecular weight is 196 g/mol. The Kier molecular flexibility index (Phi) is 1.65. The molecule has 3 rings (SSSR count). The molecule has 15 heavy (non-hydrogen) atoms. The van der Waals surface area contributed by atoms with Crippen molar-refractivity contribution in [1.82, 2.24) is 0 Å². The number of nitrogens with zero attached hydrogens (tertiary/aromatic N) is 2. The summed E-state index contributed by atoms with van der Waals surface area (Å²) in [6.07, 6.45) is 5.61. The van der Waals surface area contributed by atoms with Gasteiger partial charge in [-0.15, -0.1) is 5.11 Å². The zero-order valence-corrected chi connectivity index (χ0v) is 7.92. The van der Waals surface area contributed by atoms with Gasteiger partial charge < -0.3 is 0 Å². The lowest BCUT2D eigenvalue weighted by Crippen LogP contribution is -2.04. The summed E-state index contributed by atoms with van der Waals surface area (Å²) in [4.78, 5) is 11.4. The second-order valence-corrected chi connectivity index (χ2v) is 3.57. The van der Waals surface area contributed by atoms with E-state index >= 15 is 0 Å². The first-order chi connectivity index (χ1) is 7.36. The zero-order chi connectivity index (χ0) is 10.3. The lowest BCUT2D eigenvalue weighted by Gasteiger charge is -2.09. The summed E-state index contributed by atoms with van der Waals surface area (Å²) in [5.74, 6) is -0.190. The fourth-order valence-electron chi connectivity index (χ4n) is 1.99. The van der Waals surface area contributed by atoms with Crippen LogP contribution in [0, 0.1) is 0 Å². The summed E-state index contributed by atoms with van der Waals surface area (Å²) in [7, 11) is 0. The Bertz CT molecular complexity index is 526. The number of carbonyl (C=O) groups is 1. The topological polar surface area (TPSA) is 41.8 Å². The molecule has 1 amide bonds. The van der Waals surface area contributed by atoms with E-state index in [1.165, 1.54) is 5.56 Å². The molecule has 3 nitrogen and oxygen atoms in total. The van der Waals surface area contributed by atoms with Crippen LogP contribution >= 0.6 is 0 Å². The molecule has 1 aliphatic heterocycles. The highest BCUT2D eigenvalue weighted by molar-refractivity contribution is 5.98. The third-order valence-electron chi connectivity index (χ3n) is 2.73. The largest absolute Gasteiger partial charge is 0.293 e. The van der Waals surface area contributed by atoms with Crippen LogP contribution in [0.1, 0.15) is 17.0 Å². The summed E-state index contributed by atoms with van der Waals surface area (Å²) in [6.45, 7) is 0. The van der Waals surface area contributed by atoms with Crippen molar-refractivity contribution in [3.05, 3.63) is 53.2 Å². The lowest BCUT2D eigenvalue weighted by molar-refractivity contribution is -0.114. The van der Waals surface area contributed by atoms with Crippen molar-refractivity contribution >= 4 is 12.0 Å². The first-order valence-electron chi connectivity index (χ1n) is 4.78. The van der Waals surface area contributed by atoms with Gasteiger partial charge in [-0.25, -0.2) is 0 Å². The second-order valence-electron chi connectivity index (χ2n) is 3.57. The van der Waals surface area contributed by atoms with Gasteiger partial charge in [0.1, 0.15) is 0 Å². The van der Waals surface area contributed by atoms with E-state index in [1.807, 2.05) is 36.4 Å². The highest BCUT2D eigenvalue weighted by atomic mass is 16.2. The third-order valence-corrected chi connectivity index (χ3v) is 2.73. The fourth-order valence-corrected chi connectivity index (χ4v) is 1.99. The van der Waals surface area contributed by atoms with Crippen LogP contribution in [0.4, 0.5) is 0 Å². The zero-order valence-electron chi connectivity index (χ0n) is 7.92. The molecule has 0 spiro atoms. The van der Waals surface area contributed by atoms with Crippen molar-refractivity contribution in [2.45, 2.75) is 5.92 Å². The molecule has 0 saturated carbocycles. The number of benzene rings is 1. The highest BCUT2D eigenvalue weighted by Gasteiger charge is 2.27. The maximum atomic E-state index is 11.4. The molecular formula is C12H8N2O. The summed E-state index contributed by atoms with van der Waals surface area (Å²) >= 11 is 0. The molecule has 3 heteroatoms. The van der Waals surface area contributed by atoms with Crippen LogP contribution in [0.3, 0.4) is 0 Å². The minimum atomic E-state index is -0.221. The average Bonchev–Trinajstić information content (AvgIpc) is 2.83. The Hall–Kier alpha value is -2.03.